The molecule has 0 aromatic rings. The molecule has 1 fully saturated rings. The maximum absolute atomic E-state index is 11.8. The van der Waals surface area contributed by atoms with Crippen molar-refractivity contribution in [1.82, 2.24) is 4.31 Å². The lowest BCUT2D eigenvalue weighted by Crippen LogP contribution is -2.45. The molecule has 1 heterocycles. The molecule has 16 heavy (non-hydrogen) atoms. The first-order chi connectivity index (χ1) is 7.39. The molecule has 0 aliphatic carbocycles. The van der Waals surface area contributed by atoms with E-state index in [2.05, 4.69) is 0 Å². The second-order valence-corrected chi connectivity index (χ2v) is 6.11. The van der Waals surface area contributed by atoms with Gasteiger partial charge in [0, 0.05) is 13.1 Å². The minimum absolute atomic E-state index is 0.0241. The van der Waals surface area contributed by atoms with Gasteiger partial charge >= 0.3 is 5.97 Å². The summed E-state index contributed by atoms with van der Waals surface area (Å²) >= 11 is 0. The Morgan fingerprint density at radius 2 is 2.25 bits per heavy atom. The van der Waals surface area contributed by atoms with Gasteiger partial charge in [-0.3, -0.25) is 4.79 Å². The van der Waals surface area contributed by atoms with E-state index in [1.807, 2.05) is 0 Å². The fourth-order valence-electron chi connectivity index (χ4n) is 1.67. The average molecular weight is 246 g/mol. The Bertz CT molecular complexity index is 412. The standard InChI is InChI=1S/C9H14N2O4S/c1-7(5-10)16(14,15)11-4-2-3-8(6-11)9(12)13/h7-8H,2-4,6H2,1H3,(H,12,13). The zero-order valence-corrected chi connectivity index (χ0v) is 9.77. The Labute approximate surface area is 94.5 Å². The second-order valence-electron chi connectivity index (χ2n) is 3.85. The van der Waals surface area contributed by atoms with E-state index < -0.39 is 27.2 Å². The number of carboxylic acid groups (broad SMARTS) is 1. The third-order valence-electron chi connectivity index (χ3n) is 2.72. The molecule has 2 unspecified atom stereocenters. The van der Waals surface area contributed by atoms with Crippen molar-refractivity contribution in [2.24, 2.45) is 5.92 Å². The highest BCUT2D eigenvalue weighted by Gasteiger charge is 2.35. The summed E-state index contributed by atoms with van der Waals surface area (Å²) in [6, 6.07) is 1.67. The van der Waals surface area contributed by atoms with Crippen LogP contribution in [0.1, 0.15) is 19.8 Å². The van der Waals surface area contributed by atoms with Crippen molar-refractivity contribution in [3.8, 4) is 6.07 Å². The molecule has 0 amide bonds. The minimum atomic E-state index is -3.67. The number of piperidine rings is 1. The van der Waals surface area contributed by atoms with E-state index in [4.69, 9.17) is 10.4 Å². The first-order valence-corrected chi connectivity index (χ1v) is 6.51. The number of carbonyl (C=O) groups is 1. The number of carboxylic acids is 1. The smallest absolute Gasteiger partial charge is 0.307 e. The summed E-state index contributed by atoms with van der Waals surface area (Å²) in [5.74, 6) is -1.64. The molecule has 1 N–H and O–H groups in total. The highest BCUT2D eigenvalue weighted by molar-refractivity contribution is 7.89. The Hall–Kier alpha value is -1.13. The molecule has 7 heteroatoms. The van der Waals surface area contributed by atoms with Crippen LogP contribution in [0.2, 0.25) is 0 Å². The summed E-state index contributed by atoms with van der Waals surface area (Å²) in [7, 11) is -3.67. The van der Waals surface area contributed by atoms with Crippen LogP contribution in [0.15, 0.2) is 0 Å². The van der Waals surface area contributed by atoms with Gasteiger partial charge in [0.05, 0.1) is 12.0 Å². The lowest BCUT2D eigenvalue weighted by Gasteiger charge is -2.30. The molecule has 90 valence electrons. The summed E-state index contributed by atoms with van der Waals surface area (Å²) in [6.45, 7) is 1.58. The molecule has 0 saturated carbocycles. The largest absolute Gasteiger partial charge is 0.481 e. The molecule has 1 rings (SSSR count). The summed E-state index contributed by atoms with van der Waals surface area (Å²) in [6.07, 6.45) is 1.01. The van der Waals surface area contributed by atoms with E-state index in [0.29, 0.717) is 19.4 Å². The van der Waals surface area contributed by atoms with Crippen LogP contribution in [-0.2, 0) is 14.8 Å². The fourth-order valence-corrected chi connectivity index (χ4v) is 3.02. The lowest BCUT2D eigenvalue weighted by molar-refractivity contribution is -0.142. The molecule has 0 bridgehead atoms. The average Bonchev–Trinajstić information content (AvgIpc) is 2.28. The summed E-state index contributed by atoms with van der Waals surface area (Å²) in [5.41, 5.74) is 0. The number of nitrogens with zero attached hydrogens (tertiary/aromatic N) is 2. The molecule has 1 aliphatic heterocycles. The Kier molecular flexibility index (Phi) is 3.88. The van der Waals surface area contributed by atoms with Crippen LogP contribution >= 0.6 is 0 Å². The molecule has 0 aromatic carbocycles. The van der Waals surface area contributed by atoms with Crippen molar-refractivity contribution in [1.29, 1.82) is 5.26 Å². The lowest BCUT2D eigenvalue weighted by atomic mass is 10.0. The number of nitriles is 1. The van der Waals surface area contributed by atoms with E-state index in [9.17, 15) is 13.2 Å². The van der Waals surface area contributed by atoms with Crippen LogP contribution in [0.4, 0.5) is 0 Å². The zero-order chi connectivity index (χ0) is 12.3. The molecular weight excluding hydrogens is 232 g/mol. The number of aliphatic carboxylic acids is 1. The van der Waals surface area contributed by atoms with E-state index in [-0.39, 0.29) is 6.54 Å². The van der Waals surface area contributed by atoms with Crippen LogP contribution in [0.25, 0.3) is 0 Å². The van der Waals surface area contributed by atoms with Gasteiger partial charge < -0.3 is 5.11 Å². The Balaban J connectivity index is 2.83. The number of hydrogen-bond acceptors (Lipinski definition) is 4. The molecule has 0 aromatic heterocycles. The van der Waals surface area contributed by atoms with E-state index in [1.54, 1.807) is 6.07 Å². The SMILES string of the molecule is CC(C#N)S(=O)(=O)N1CCCC(C(=O)O)C1. The molecule has 2 atom stereocenters. The highest BCUT2D eigenvalue weighted by atomic mass is 32.2. The van der Waals surface area contributed by atoms with Gasteiger partial charge in [0.2, 0.25) is 10.0 Å². The quantitative estimate of drug-likeness (QED) is 0.757. The fraction of sp³-hybridized carbons (Fsp3) is 0.778. The maximum Gasteiger partial charge on any atom is 0.307 e. The molecule has 1 saturated heterocycles. The van der Waals surface area contributed by atoms with Gasteiger partial charge in [0.15, 0.2) is 5.25 Å². The van der Waals surface area contributed by atoms with E-state index in [1.165, 1.54) is 6.92 Å². The molecule has 0 spiro atoms. The minimum Gasteiger partial charge on any atom is -0.481 e. The normalized spacial score (nSPS) is 24.6. The van der Waals surface area contributed by atoms with Crippen molar-refractivity contribution in [3.63, 3.8) is 0 Å². The summed E-state index contributed by atoms with van der Waals surface area (Å²) in [5, 5.41) is 16.3. The van der Waals surface area contributed by atoms with Crippen LogP contribution in [0.3, 0.4) is 0 Å². The monoisotopic (exact) mass is 246 g/mol. The first kappa shape index (κ1) is 12.9. The van der Waals surface area contributed by atoms with Gasteiger partial charge in [-0.1, -0.05) is 0 Å². The van der Waals surface area contributed by atoms with Crippen molar-refractivity contribution >= 4 is 16.0 Å². The topological polar surface area (TPSA) is 98.5 Å². The van der Waals surface area contributed by atoms with Gasteiger partial charge in [0.1, 0.15) is 0 Å². The summed E-state index contributed by atoms with van der Waals surface area (Å²) in [4.78, 5) is 10.8. The summed E-state index contributed by atoms with van der Waals surface area (Å²) < 4.78 is 24.7. The number of hydrogen-bond donors (Lipinski definition) is 1. The third-order valence-corrected chi connectivity index (χ3v) is 4.77. The van der Waals surface area contributed by atoms with Crippen LogP contribution < -0.4 is 0 Å². The van der Waals surface area contributed by atoms with Crippen molar-refractivity contribution < 1.29 is 18.3 Å². The molecule has 6 nitrogen and oxygen atoms in total. The van der Waals surface area contributed by atoms with Gasteiger partial charge in [-0.05, 0) is 19.8 Å². The van der Waals surface area contributed by atoms with Crippen LogP contribution in [0.5, 0.6) is 0 Å². The number of rotatable bonds is 3. The van der Waals surface area contributed by atoms with Gasteiger partial charge in [0.25, 0.3) is 0 Å². The Morgan fingerprint density at radius 3 is 2.75 bits per heavy atom. The van der Waals surface area contributed by atoms with E-state index in [0.717, 1.165) is 4.31 Å². The van der Waals surface area contributed by atoms with Crippen molar-refractivity contribution in [2.75, 3.05) is 13.1 Å². The predicted octanol–water partition coefficient (Wildman–Crippen LogP) is 0.0249. The predicted molar refractivity (Wildman–Crippen MR) is 55.9 cm³/mol. The molecule has 1 aliphatic rings. The van der Waals surface area contributed by atoms with Crippen molar-refractivity contribution in [2.45, 2.75) is 25.0 Å². The second kappa shape index (κ2) is 4.80. The highest BCUT2D eigenvalue weighted by Crippen LogP contribution is 2.21. The van der Waals surface area contributed by atoms with E-state index >= 15 is 0 Å². The van der Waals surface area contributed by atoms with Crippen LogP contribution in [0, 0.1) is 17.2 Å². The first-order valence-electron chi connectivity index (χ1n) is 5.01. The third kappa shape index (κ3) is 2.51. The maximum atomic E-state index is 11.8. The van der Waals surface area contributed by atoms with Gasteiger partial charge in [-0.25, -0.2) is 8.42 Å². The molecular formula is C9H14N2O4S. The van der Waals surface area contributed by atoms with Gasteiger partial charge in [-0.15, -0.1) is 0 Å². The van der Waals surface area contributed by atoms with Crippen molar-refractivity contribution in [3.05, 3.63) is 0 Å². The Morgan fingerprint density at radius 1 is 1.62 bits per heavy atom. The number of sulfonamides is 1. The zero-order valence-electron chi connectivity index (χ0n) is 8.96. The van der Waals surface area contributed by atoms with Gasteiger partial charge in [-0.2, -0.15) is 9.57 Å². The molecule has 0 radical (unpaired) electrons. The van der Waals surface area contributed by atoms with Crippen LogP contribution in [-0.4, -0.2) is 42.1 Å².